The molecule has 2 heterocycles. The third-order valence-electron chi connectivity index (χ3n) is 4.58. The summed E-state index contributed by atoms with van der Waals surface area (Å²) in [6.45, 7) is 2.63. The van der Waals surface area contributed by atoms with Crippen LogP contribution in [-0.4, -0.2) is 24.2 Å². The first-order valence-electron chi connectivity index (χ1n) is 8.43. The predicted octanol–water partition coefficient (Wildman–Crippen LogP) is 4.12. The molecule has 0 spiro atoms. The maximum absolute atomic E-state index is 5.39. The quantitative estimate of drug-likeness (QED) is 0.746. The van der Waals surface area contributed by atoms with E-state index in [4.69, 9.17) is 9.47 Å². The summed E-state index contributed by atoms with van der Waals surface area (Å²) >= 11 is 1.82. The number of anilines is 1. The van der Waals surface area contributed by atoms with Crippen LogP contribution in [0, 0.1) is 6.92 Å². The monoisotopic (exact) mass is 355 g/mol. The van der Waals surface area contributed by atoms with Crippen molar-refractivity contribution in [1.29, 1.82) is 0 Å². The highest BCUT2D eigenvalue weighted by molar-refractivity contribution is 7.19. The molecule has 0 saturated heterocycles. The minimum absolute atomic E-state index is 0.677. The van der Waals surface area contributed by atoms with Crippen LogP contribution in [0.3, 0.4) is 0 Å². The van der Waals surface area contributed by atoms with E-state index in [2.05, 4.69) is 15.3 Å². The summed E-state index contributed by atoms with van der Waals surface area (Å²) < 4.78 is 10.7. The van der Waals surface area contributed by atoms with E-state index in [1.54, 1.807) is 14.2 Å². The summed E-state index contributed by atoms with van der Waals surface area (Å²) in [5.74, 6) is 3.23. The van der Waals surface area contributed by atoms with Gasteiger partial charge in [0.05, 0.1) is 19.6 Å². The third kappa shape index (κ3) is 2.91. The number of methoxy groups -OCH3 is 2. The van der Waals surface area contributed by atoms with E-state index in [0.717, 1.165) is 40.0 Å². The molecule has 0 unspecified atom stereocenters. The molecule has 1 aromatic carbocycles. The lowest BCUT2D eigenvalue weighted by Gasteiger charge is -2.12. The smallest absolute Gasteiger partial charge is 0.161 e. The number of thiophene rings is 1. The van der Waals surface area contributed by atoms with Gasteiger partial charge in [-0.2, -0.15) is 0 Å². The summed E-state index contributed by atoms with van der Waals surface area (Å²) in [4.78, 5) is 11.9. The van der Waals surface area contributed by atoms with Gasteiger partial charge in [0.25, 0.3) is 0 Å². The van der Waals surface area contributed by atoms with Gasteiger partial charge in [0, 0.05) is 11.4 Å². The summed E-state index contributed by atoms with van der Waals surface area (Å²) in [5, 5.41) is 4.72. The van der Waals surface area contributed by atoms with Gasteiger partial charge in [0.2, 0.25) is 0 Å². The lowest BCUT2D eigenvalue weighted by molar-refractivity contribution is 0.354. The standard InChI is InChI=1S/C19H21N3O2S/c1-11-21-18(17-13-5-4-6-16(13)25-19(17)22-11)20-10-12-7-8-14(23-2)15(9-12)24-3/h7-9H,4-6,10H2,1-3H3,(H,20,21,22). The van der Waals surface area contributed by atoms with Gasteiger partial charge in [0.1, 0.15) is 16.5 Å². The topological polar surface area (TPSA) is 56.3 Å². The zero-order valence-corrected chi connectivity index (χ0v) is 15.5. The van der Waals surface area contributed by atoms with Crippen LogP contribution in [0.4, 0.5) is 5.82 Å². The highest BCUT2D eigenvalue weighted by atomic mass is 32.1. The molecule has 5 nitrogen and oxygen atoms in total. The zero-order chi connectivity index (χ0) is 17.4. The molecule has 1 N–H and O–H groups in total. The maximum atomic E-state index is 5.39. The molecule has 1 aliphatic carbocycles. The predicted molar refractivity (Wildman–Crippen MR) is 101 cm³/mol. The molecule has 0 saturated carbocycles. The molecule has 0 bridgehead atoms. The second kappa shape index (κ2) is 6.52. The average Bonchev–Trinajstić information content (AvgIpc) is 3.19. The molecular formula is C19H21N3O2S. The van der Waals surface area contributed by atoms with Gasteiger partial charge in [0.15, 0.2) is 11.5 Å². The maximum Gasteiger partial charge on any atom is 0.161 e. The van der Waals surface area contributed by atoms with Gasteiger partial charge in [-0.3, -0.25) is 0 Å². The van der Waals surface area contributed by atoms with Crippen LogP contribution in [0.1, 0.15) is 28.2 Å². The van der Waals surface area contributed by atoms with Crippen molar-refractivity contribution in [3.05, 3.63) is 40.0 Å². The Hall–Kier alpha value is -2.34. The van der Waals surface area contributed by atoms with Gasteiger partial charge >= 0.3 is 0 Å². The summed E-state index contributed by atoms with van der Waals surface area (Å²) in [6.07, 6.45) is 3.54. The van der Waals surface area contributed by atoms with Crippen LogP contribution >= 0.6 is 11.3 Å². The van der Waals surface area contributed by atoms with Crippen molar-refractivity contribution in [1.82, 2.24) is 9.97 Å². The molecule has 4 rings (SSSR count). The van der Waals surface area contributed by atoms with Crippen LogP contribution < -0.4 is 14.8 Å². The largest absolute Gasteiger partial charge is 0.493 e. The normalized spacial score (nSPS) is 13.1. The van der Waals surface area contributed by atoms with Gasteiger partial charge < -0.3 is 14.8 Å². The molecule has 3 aromatic rings. The molecule has 130 valence electrons. The molecular weight excluding hydrogens is 334 g/mol. The van der Waals surface area contributed by atoms with Crippen molar-refractivity contribution in [2.75, 3.05) is 19.5 Å². The average molecular weight is 355 g/mol. The van der Waals surface area contributed by atoms with Crippen LogP contribution in [0.15, 0.2) is 18.2 Å². The fraction of sp³-hybridized carbons (Fsp3) is 0.368. The van der Waals surface area contributed by atoms with Crippen molar-refractivity contribution in [3.63, 3.8) is 0 Å². The number of nitrogens with one attached hydrogen (secondary N) is 1. The SMILES string of the molecule is COc1ccc(CNc2nc(C)nc3sc4c(c23)CCC4)cc1OC. The van der Waals surface area contributed by atoms with Crippen molar-refractivity contribution in [2.45, 2.75) is 32.7 Å². The minimum atomic E-state index is 0.677. The molecule has 0 atom stereocenters. The number of ether oxygens (including phenoxy) is 2. The molecule has 2 aromatic heterocycles. The van der Waals surface area contributed by atoms with Crippen molar-refractivity contribution < 1.29 is 9.47 Å². The Morgan fingerprint density at radius 1 is 1.12 bits per heavy atom. The van der Waals surface area contributed by atoms with Crippen LogP contribution in [0.25, 0.3) is 10.2 Å². The number of hydrogen-bond acceptors (Lipinski definition) is 6. The first-order valence-corrected chi connectivity index (χ1v) is 9.25. The van der Waals surface area contributed by atoms with E-state index < -0.39 is 0 Å². The van der Waals surface area contributed by atoms with E-state index in [1.807, 2.05) is 36.5 Å². The minimum Gasteiger partial charge on any atom is -0.493 e. The fourth-order valence-electron chi connectivity index (χ4n) is 3.41. The van der Waals surface area contributed by atoms with Gasteiger partial charge in [-0.15, -0.1) is 11.3 Å². The second-order valence-electron chi connectivity index (χ2n) is 6.20. The number of rotatable bonds is 5. The molecule has 1 aliphatic rings. The van der Waals surface area contributed by atoms with Crippen molar-refractivity contribution in [2.24, 2.45) is 0 Å². The van der Waals surface area contributed by atoms with E-state index in [9.17, 15) is 0 Å². The highest BCUT2D eigenvalue weighted by Gasteiger charge is 2.21. The first kappa shape index (κ1) is 16.1. The molecule has 0 amide bonds. The molecule has 0 fully saturated rings. The molecule has 0 radical (unpaired) electrons. The van der Waals surface area contributed by atoms with E-state index in [0.29, 0.717) is 6.54 Å². The summed E-state index contributed by atoms with van der Waals surface area (Å²) in [6, 6.07) is 5.96. The highest BCUT2D eigenvalue weighted by Crippen LogP contribution is 2.39. The first-order chi connectivity index (χ1) is 12.2. The number of hydrogen-bond donors (Lipinski definition) is 1. The molecule has 25 heavy (non-hydrogen) atoms. The Morgan fingerprint density at radius 3 is 2.76 bits per heavy atom. The van der Waals surface area contributed by atoms with Crippen molar-refractivity contribution >= 4 is 27.4 Å². The van der Waals surface area contributed by atoms with Gasteiger partial charge in [-0.05, 0) is 49.4 Å². The van der Waals surface area contributed by atoms with Crippen LogP contribution in [0.5, 0.6) is 11.5 Å². The zero-order valence-electron chi connectivity index (χ0n) is 14.7. The number of aromatic nitrogens is 2. The number of fused-ring (bicyclic) bond motifs is 3. The molecule has 0 aliphatic heterocycles. The third-order valence-corrected chi connectivity index (χ3v) is 5.77. The Bertz CT molecular complexity index is 936. The number of nitrogens with zero attached hydrogens (tertiary/aromatic N) is 2. The Morgan fingerprint density at radius 2 is 1.96 bits per heavy atom. The number of aryl methyl sites for hydroxylation is 3. The van der Waals surface area contributed by atoms with E-state index >= 15 is 0 Å². The Labute approximate surface area is 151 Å². The molecule has 6 heteroatoms. The van der Waals surface area contributed by atoms with Crippen molar-refractivity contribution in [3.8, 4) is 11.5 Å². The fourth-order valence-corrected chi connectivity index (χ4v) is 4.71. The van der Waals surface area contributed by atoms with Gasteiger partial charge in [-0.25, -0.2) is 9.97 Å². The lowest BCUT2D eigenvalue weighted by Crippen LogP contribution is -2.04. The Balaban J connectivity index is 1.65. The summed E-state index contributed by atoms with van der Waals surface area (Å²) in [7, 11) is 3.30. The van der Waals surface area contributed by atoms with E-state index in [1.165, 1.54) is 28.7 Å². The van der Waals surface area contributed by atoms with Crippen LogP contribution in [0.2, 0.25) is 0 Å². The van der Waals surface area contributed by atoms with E-state index in [-0.39, 0.29) is 0 Å². The van der Waals surface area contributed by atoms with Gasteiger partial charge in [-0.1, -0.05) is 6.07 Å². The summed E-state index contributed by atoms with van der Waals surface area (Å²) in [5.41, 5.74) is 2.56. The Kier molecular flexibility index (Phi) is 4.21. The lowest BCUT2D eigenvalue weighted by atomic mass is 10.1. The van der Waals surface area contributed by atoms with Crippen LogP contribution in [-0.2, 0) is 19.4 Å². The number of benzene rings is 1. The second-order valence-corrected chi connectivity index (χ2v) is 7.28.